The standard InChI is InChI=1S/C26H22F3N3O3/c1-15(16-10-12-17(13-11-16)25(34)35)30-24(33)23-22(20-8-3-4-9-21(20)32(23)2)31-19-7-5-6-18(14-19)26(27,28)29/h3-15,31H,1-2H3,(H,30,33)(H,34,35)/t15-/m1/s1. The Morgan fingerprint density at radius 1 is 0.971 bits per heavy atom. The molecule has 180 valence electrons. The first-order valence-corrected chi connectivity index (χ1v) is 10.7. The van der Waals surface area contributed by atoms with Crippen LogP contribution >= 0.6 is 0 Å². The van der Waals surface area contributed by atoms with Crippen molar-refractivity contribution >= 4 is 34.2 Å². The molecule has 0 aliphatic rings. The van der Waals surface area contributed by atoms with Crippen LogP contribution in [-0.4, -0.2) is 21.6 Å². The maximum absolute atomic E-state index is 13.4. The zero-order valence-electron chi connectivity index (χ0n) is 18.9. The summed E-state index contributed by atoms with van der Waals surface area (Å²) in [6.07, 6.45) is -4.50. The molecule has 35 heavy (non-hydrogen) atoms. The summed E-state index contributed by atoms with van der Waals surface area (Å²) < 4.78 is 41.3. The molecule has 1 aromatic heterocycles. The number of nitrogens with one attached hydrogen (secondary N) is 2. The minimum atomic E-state index is -4.50. The van der Waals surface area contributed by atoms with Crippen LogP contribution in [0.1, 0.15) is 44.9 Å². The SMILES string of the molecule is C[C@@H](NC(=O)c1c(Nc2cccc(C(F)(F)F)c2)c2ccccc2n1C)c1ccc(C(=O)O)cc1. The molecule has 0 fully saturated rings. The fourth-order valence-electron chi connectivity index (χ4n) is 3.97. The number of anilines is 2. The van der Waals surface area contributed by atoms with Crippen LogP contribution in [0.4, 0.5) is 24.5 Å². The first-order valence-electron chi connectivity index (χ1n) is 10.7. The highest BCUT2D eigenvalue weighted by molar-refractivity contribution is 6.09. The van der Waals surface area contributed by atoms with Gasteiger partial charge in [0.15, 0.2) is 0 Å². The Hall–Kier alpha value is -4.27. The predicted octanol–water partition coefficient (Wildman–Crippen LogP) is 6.13. The van der Waals surface area contributed by atoms with Gasteiger partial charge in [-0.2, -0.15) is 13.2 Å². The van der Waals surface area contributed by atoms with E-state index in [9.17, 15) is 22.8 Å². The van der Waals surface area contributed by atoms with Crippen molar-refractivity contribution < 1.29 is 27.9 Å². The number of fused-ring (bicyclic) bond motifs is 1. The topological polar surface area (TPSA) is 83.4 Å². The number of carboxylic acids is 1. The quantitative estimate of drug-likeness (QED) is 0.309. The van der Waals surface area contributed by atoms with Gasteiger partial charge in [0.1, 0.15) is 5.69 Å². The number of aryl methyl sites for hydroxylation is 1. The zero-order chi connectivity index (χ0) is 25.3. The van der Waals surface area contributed by atoms with Crippen LogP contribution in [0.2, 0.25) is 0 Å². The molecule has 0 aliphatic carbocycles. The largest absolute Gasteiger partial charge is 0.478 e. The number of nitrogens with zero attached hydrogens (tertiary/aromatic N) is 1. The number of hydrogen-bond acceptors (Lipinski definition) is 3. The second-order valence-electron chi connectivity index (χ2n) is 8.13. The number of benzene rings is 3. The van der Waals surface area contributed by atoms with Crippen LogP contribution in [0.5, 0.6) is 0 Å². The molecule has 0 unspecified atom stereocenters. The maximum Gasteiger partial charge on any atom is 0.416 e. The number of carbonyl (C=O) groups is 2. The summed E-state index contributed by atoms with van der Waals surface area (Å²) in [5.74, 6) is -1.48. The van der Waals surface area contributed by atoms with Gasteiger partial charge in [-0.15, -0.1) is 0 Å². The van der Waals surface area contributed by atoms with Gasteiger partial charge in [0.2, 0.25) is 0 Å². The smallest absolute Gasteiger partial charge is 0.416 e. The molecule has 1 amide bonds. The maximum atomic E-state index is 13.4. The summed E-state index contributed by atoms with van der Waals surface area (Å²) in [4.78, 5) is 24.5. The lowest BCUT2D eigenvalue weighted by molar-refractivity contribution is -0.137. The second-order valence-corrected chi connectivity index (χ2v) is 8.13. The van der Waals surface area contributed by atoms with Crippen LogP contribution in [0, 0.1) is 0 Å². The number of carboxylic acid groups (broad SMARTS) is 1. The highest BCUT2D eigenvalue weighted by Gasteiger charge is 2.31. The Morgan fingerprint density at radius 2 is 1.66 bits per heavy atom. The third-order valence-corrected chi connectivity index (χ3v) is 5.79. The lowest BCUT2D eigenvalue weighted by atomic mass is 10.1. The monoisotopic (exact) mass is 481 g/mol. The van der Waals surface area contributed by atoms with Crippen molar-refractivity contribution in [2.75, 3.05) is 5.32 Å². The molecule has 4 rings (SSSR count). The van der Waals surface area contributed by atoms with Crippen molar-refractivity contribution in [1.82, 2.24) is 9.88 Å². The molecule has 6 nitrogen and oxygen atoms in total. The molecule has 4 aromatic rings. The summed E-state index contributed by atoms with van der Waals surface area (Å²) in [7, 11) is 1.71. The Morgan fingerprint density at radius 3 is 2.31 bits per heavy atom. The highest BCUT2D eigenvalue weighted by Crippen LogP contribution is 2.35. The number of aromatic nitrogens is 1. The summed E-state index contributed by atoms with van der Waals surface area (Å²) >= 11 is 0. The third kappa shape index (κ3) is 4.84. The van der Waals surface area contributed by atoms with Crippen LogP contribution < -0.4 is 10.6 Å². The molecular weight excluding hydrogens is 459 g/mol. The van der Waals surface area contributed by atoms with Crippen molar-refractivity contribution in [2.45, 2.75) is 19.1 Å². The molecule has 0 aliphatic heterocycles. The van der Waals surface area contributed by atoms with Crippen LogP contribution in [0.15, 0.2) is 72.8 Å². The Bertz CT molecular complexity index is 1410. The first kappa shape index (κ1) is 23.9. The number of amides is 1. The van der Waals surface area contributed by atoms with Gasteiger partial charge in [0.25, 0.3) is 5.91 Å². The number of rotatable bonds is 6. The zero-order valence-corrected chi connectivity index (χ0v) is 18.9. The van der Waals surface area contributed by atoms with E-state index in [-0.39, 0.29) is 16.9 Å². The average Bonchev–Trinajstić information content (AvgIpc) is 3.10. The van der Waals surface area contributed by atoms with E-state index < -0.39 is 29.7 Å². The Kier molecular flexibility index (Phi) is 6.26. The van der Waals surface area contributed by atoms with Gasteiger partial charge in [0, 0.05) is 18.1 Å². The second kappa shape index (κ2) is 9.17. The molecule has 0 saturated carbocycles. The van der Waals surface area contributed by atoms with Crippen molar-refractivity contribution in [2.24, 2.45) is 7.05 Å². The molecule has 0 spiro atoms. The van der Waals surface area contributed by atoms with Gasteiger partial charge in [-0.25, -0.2) is 4.79 Å². The van der Waals surface area contributed by atoms with Crippen LogP contribution in [-0.2, 0) is 13.2 Å². The average molecular weight is 481 g/mol. The van der Waals surface area contributed by atoms with E-state index in [1.165, 1.54) is 24.3 Å². The van der Waals surface area contributed by atoms with Gasteiger partial charge >= 0.3 is 12.1 Å². The van der Waals surface area contributed by atoms with Crippen molar-refractivity contribution in [3.8, 4) is 0 Å². The van der Waals surface area contributed by atoms with E-state index in [0.717, 1.165) is 17.6 Å². The van der Waals surface area contributed by atoms with E-state index in [1.807, 2.05) is 12.1 Å². The number of para-hydroxylation sites is 1. The Labute approximate surface area is 199 Å². The predicted molar refractivity (Wildman–Crippen MR) is 127 cm³/mol. The van der Waals surface area contributed by atoms with Crippen LogP contribution in [0.3, 0.4) is 0 Å². The molecule has 0 radical (unpaired) electrons. The van der Waals surface area contributed by atoms with E-state index in [2.05, 4.69) is 10.6 Å². The molecule has 9 heteroatoms. The fraction of sp³-hybridized carbons (Fsp3) is 0.154. The summed E-state index contributed by atoms with van der Waals surface area (Å²) in [5.41, 5.74) is 1.59. The summed E-state index contributed by atoms with van der Waals surface area (Å²) in [6.45, 7) is 1.76. The van der Waals surface area contributed by atoms with Crippen molar-refractivity contribution in [1.29, 1.82) is 0 Å². The molecular formula is C26H22F3N3O3. The summed E-state index contributed by atoms with van der Waals surface area (Å²) in [5, 5.41) is 15.7. The van der Waals surface area contributed by atoms with Gasteiger partial charge in [0.05, 0.1) is 28.4 Å². The fourth-order valence-corrected chi connectivity index (χ4v) is 3.97. The number of halogens is 3. The molecule has 1 atom stereocenters. The van der Waals surface area contributed by atoms with Gasteiger partial charge in [-0.1, -0.05) is 36.4 Å². The number of aromatic carboxylic acids is 1. The third-order valence-electron chi connectivity index (χ3n) is 5.79. The molecule has 0 bridgehead atoms. The van der Waals surface area contributed by atoms with Gasteiger partial charge < -0.3 is 20.3 Å². The van der Waals surface area contributed by atoms with E-state index in [4.69, 9.17) is 5.11 Å². The van der Waals surface area contributed by atoms with Crippen molar-refractivity contribution in [3.05, 3.63) is 95.2 Å². The van der Waals surface area contributed by atoms with Gasteiger partial charge in [-0.3, -0.25) is 4.79 Å². The first-order chi connectivity index (χ1) is 16.6. The molecule has 0 saturated heterocycles. The van der Waals surface area contributed by atoms with E-state index in [0.29, 0.717) is 16.6 Å². The minimum absolute atomic E-state index is 0.133. The molecule has 1 heterocycles. The van der Waals surface area contributed by atoms with E-state index in [1.54, 1.807) is 42.8 Å². The number of alkyl halides is 3. The Balaban J connectivity index is 1.69. The van der Waals surface area contributed by atoms with Crippen molar-refractivity contribution in [3.63, 3.8) is 0 Å². The lowest BCUT2D eigenvalue weighted by Crippen LogP contribution is -2.29. The van der Waals surface area contributed by atoms with E-state index >= 15 is 0 Å². The highest BCUT2D eigenvalue weighted by atomic mass is 19.4. The number of carbonyl (C=O) groups excluding carboxylic acids is 1. The summed E-state index contributed by atoms with van der Waals surface area (Å²) in [6, 6.07) is 17.7. The van der Waals surface area contributed by atoms with Crippen LogP contribution in [0.25, 0.3) is 10.9 Å². The minimum Gasteiger partial charge on any atom is -0.478 e. The lowest BCUT2D eigenvalue weighted by Gasteiger charge is -2.17. The normalized spacial score (nSPS) is 12.4. The number of hydrogen-bond donors (Lipinski definition) is 3. The molecule has 3 aromatic carbocycles. The van der Waals surface area contributed by atoms with Gasteiger partial charge in [-0.05, 0) is 48.9 Å². The molecule has 3 N–H and O–H groups in total.